The highest BCUT2D eigenvalue weighted by atomic mass is 19.1. The zero-order chi connectivity index (χ0) is 19.3. The SMILES string of the molecule is Cc1ccc(-c2noc([C@H]3C[C@@H]3F)n2)cc1NC(=O)c1cnc2n1CCNC2. The van der Waals surface area contributed by atoms with Crippen LogP contribution in [0.25, 0.3) is 11.4 Å². The van der Waals surface area contributed by atoms with Crippen molar-refractivity contribution >= 4 is 11.6 Å². The van der Waals surface area contributed by atoms with Crippen molar-refractivity contribution in [1.29, 1.82) is 0 Å². The minimum absolute atomic E-state index is 0.215. The van der Waals surface area contributed by atoms with E-state index < -0.39 is 6.17 Å². The average Bonchev–Trinajstić information content (AvgIpc) is 3.12. The number of aromatic nitrogens is 4. The van der Waals surface area contributed by atoms with Gasteiger partial charge >= 0.3 is 0 Å². The Balaban J connectivity index is 1.39. The van der Waals surface area contributed by atoms with E-state index in [2.05, 4.69) is 25.8 Å². The summed E-state index contributed by atoms with van der Waals surface area (Å²) >= 11 is 0. The first-order valence-electron chi connectivity index (χ1n) is 9.25. The van der Waals surface area contributed by atoms with Crippen molar-refractivity contribution in [2.45, 2.75) is 38.5 Å². The summed E-state index contributed by atoms with van der Waals surface area (Å²) in [6, 6.07) is 5.54. The predicted molar refractivity (Wildman–Crippen MR) is 98.6 cm³/mol. The molecule has 0 spiro atoms. The van der Waals surface area contributed by atoms with E-state index in [9.17, 15) is 9.18 Å². The van der Waals surface area contributed by atoms with Gasteiger partial charge in [-0.1, -0.05) is 17.3 Å². The molecule has 0 unspecified atom stereocenters. The summed E-state index contributed by atoms with van der Waals surface area (Å²) in [7, 11) is 0. The van der Waals surface area contributed by atoms with E-state index in [4.69, 9.17) is 4.52 Å². The second-order valence-corrected chi connectivity index (χ2v) is 7.19. The lowest BCUT2D eigenvalue weighted by Crippen LogP contribution is -2.30. The molecule has 3 heterocycles. The van der Waals surface area contributed by atoms with Crippen LogP contribution in [0, 0.1) is 6.92 Å². The molecule has 2 aliphatic rings. The van der Waals surface area contributed by atoms with Crippen LogP contribution in [-0.2, 0) is 13.1 Å². The molecule has 2 N–H and O–H groups in total. The maximum Gasteiger partial charge on any atom is 0.273 e. The first-order valence-corrected chi connectivity index (χ1v) is 9.25. The Morgan fingerprint density at radius 1 is 1.43 bits per heavy atom. The number of fused-ring (bicyclic) bond motifs is 1. The zero-order valence-corrected chi connectivity index (χ0v) is 15.3. The summed E-state index contributed by atoms with van der Waals surface area (Å²) in [6.07, 6.45) is 1.14. The third-order valence-electron chi connectivity index (χ3n) is 5.18. The summed E-state index contributed by atoms with van der Waals surface area (Å²) in [5.74, 6) is 1.07. The highest BCUT2D eigenvalue weighted by Gasteiger charge is 2.43. The molecule has 3 aromatic rings. The van der Waals surface area contributed by atoms with Gasteiger partial charge in [0, 0.05) is 24.3 Å². The number of carbonyl (C=O) groups excluding carboxylic acids is 1. The van der Waals surface area contributed by atoms with Gasteiger partial charge in [-0.2, -0.15) is 4.98 Å². The van der Waals surface area contributed by atoms with E-state index in [-0.39, 0.29) is 11.8 Å². The smallest absolute Gasteiger partial charge is 0.273 e. The number of nitrogens with one attached hydrogen (secondary N) is 2. The Kier molecular flexibility index (Phi) is 3.97. The highest BCUT2D eigenvalue weighted by molar-refractivity contribution is 6.03. The van der Waals surface area contributed by atoms with Gasteiger partial charge in [0.05, 0.1) is 18.7 Å². The molecular weight excluding hydrogens is 363 g/mol. The van der Waals surface area contributed by atoms with Crippen molar-refractivity contribution < 1.29 is 13.7 Å². The molecule has 1 amide bonds. The maximum absolute atomic E-state index is 13.2. The quantitative estimate of drug-likeness (QED) is 0.719. The van der Waals surface area contributed by atoms with Crippen molar-refractivity contribution in [3.05, 3.63) is 47.4 Å². The molecule has 5 rings (SSSR count). The third kappa shape index (κ3) is 2.97. The van der Waals surface area contributed by atoms with Gasteiger partial charge in [0.25, 0.3) is 5.91 Å². The monoisotopic (exact) mass is 382 g/mol. The van der Waals surface area contributed by atoms with Gasteiger partial charge in [0.2, 0.25) is 11.7 Å². The van der Waals surface area contributed by atoms with Crippen LogP contribution in [0.15, 0.2) is 28.9 Å². The molecule has 2 aromatic heterocycles. The van der Waals surface area contributed by atoms with Crippen LogP contribution in [0.5, 0.6) is 0 Å². The minimum Gasteiger partial charge on any atom is -0.339 e. The van der Waals surface area contributed by atoms with Gasteiger partial charge in [0.15, 0.2) is 0 Å². The van der Waals surface area contributed by atoms with Gasteiger partial charge in [-0.25, -0.2) is 9.37 Å². The van der Waals surface area contributed by atoms with Crippen LogP contribution in [0.4, 0.5) is 10.1 Å². The fourth-order valence-corrected chi connectivity index (χ4v) is 3.38. The maximum atomic E-state index is 13.2. The Bertz CT molecular complexity index is 1060. The number of hydrogen-bond donors (Lipinski definition) is 2. The van der Waals surface area contributed by atoms with Crippen LogP contribution in [0.2, 0.25) is 0 Å². The standard InChI is InChI=1S/C19H19FN6O2/c1-10-2-3-11(17-24-19(28-25-17)12-7-13(12)20)6-14(10)23-18(27)15-8-22-16-9-21-4-5-26(15)16/h2-3,6,8,12-13,21H,4-5,7,9H2,1H3,(H,23,27)/t12-,13-/m0/s1. The molecule has 1 saturated carbocycles. The second kappa shape index (κ2) is 6.52. The second-order valence-electron chi connectivity index (χ2n) is 7.19. The van der Waals surface area contributed by atoms with Gasteiger partial charge in [-0.3, -0.25) is 4.79 Å². The molecule has 1 aliphatic carbocycles. The van der Waals surface area contributed by atoms with Crippen molar-refractivity contribution in [3.63, 3.8) is 0 Å². The summed E-state index contributed by atoms with van der Waals surface area (Å²) < 4.78 is 20.3. The third-order valence-corrected chi connectivity index (χ3v) is 5.18. The predicted octanol–water partition coefficient (Wildman–Crippen LogP) is 2.42. The number of aryl methyl sites for hydroxylation is 1. The number of alkyl halides is 1. The van der Waals surface area contributed by atoms with Crippen molar-refractivity contribution in [1.82, 2.24) is 25.0 Å². The summed E-state index contributed by atoms with van der Waals surface area (Å²) in [5.41, 5.74) is 2.80. The average molecular weight is 382 g/mol. The highest BCUT2D eigenvalue weighted by Crippen LogP contribution is 2.43. The van der Waals surface area contributed by atoms with Gasteiger partial charge in [-0.15, -0.1) is 0 Å². The number of anilines is 1. The number of amides is 1. The Morgan fingerprint density at radius 2 is 2.29 bits per heavy atom. The lowest BCUT2D eigenvalue weighted by molar-refractivity contribution is 0.101. The normalized spacial score (nSPS) is 20.6. The van der Waals surface area contributed by atoms with E-state index in [0.717, 1.165) is 17.9 Å². The molecule has 0 bridgehead atoms. The number of nitrogens with zero attached hydrogens (tertiary/aromatic N) is 4. The molecule has 144 valence electrons. The van der Waals surface area contributed by atoms with Crippen molar-refractivity contribution in [2.24, 2.45) is 0 Å². The van der Waals surface area contributed by atoms with E-state index in [1.165, 1.54) is 0 Å². The van der Waals surface area contributed by atoms with Crippen LogP contribution >= 0.6 is 0 Å². The van der Waals surface area contributed by atoms with Crippen LogP contribution in [0.3, 0.4) is 0 Å². The molecule has 2 atom stereocenters. The summed E-state index contributed by atoms with van der Waals surface area (Å²) in [5, 5.41) is 10.1. The van der Waals surface area contributed by atoms with Crippen molar-refractivity contribution in [3.8, 4) is 11.4 Å². The topological polar surface area (TPSA) is 97.9 Å². The molecule has 0 saturated heterocycles. The minimum atomic E-state index is -0.891. The molecular formula is C19H19FN6O2. The van der Waals surface area contributed by atoms with Gasteiger partial charge < -0.3 is 19.7 Å². The van der Waals surface area contributed by atoms with Gasteiger partial charge in [0.1, 0.15) is 17.7 Å². The van der Waals surface area contributed by atoms with E-state index in [0.29, 0.717) is 48.2 Å². The first kappa shape index (κ1) is 17.1. The van der Waals surface area contributed by atoms with Crippen LogP contribution < -0.4 is 10.6 Å². The van der Waals surface area contributed by atoms with Crippen LogP contribution in [-0.4, -0.2) is 38.3 Å². The Hall–Kier alpha value is -3.07. The Morgan fingerprint density at radius 3 is 3.11 bits per heavy atom. The number of halogens is 1. The number of hydrogen-bond acceptors (Lipinski definition) is 6. The van der Waals surface area contributed by atoms with E-state index in [1.54, 1.807) is 12.3 Å². The molecule has 0 radical (unpaired) electrons. The fourth-order valence-electron chi connectivity index (χ4n) is 3.38. The molecule has 1 aliphatic heterocycles. The van der Waals surface area contributed by atoms with Gasteiger partial charge in [-0.05, 0) is 25.0 Å². The van der Waals surface area contributed by atoms with E-state index in [1.807, 2.05) is 23.6 Å². The lowest BCUT2D eigenvalue weighted by atomic mass is 10.1. The molecule has 9 heteroatoms. The fraction of sp³-hybridized carbons (Fsp3) is 0.368. The lowest BCUT2D eigenvalue weighted by Gasteiger charge is -2.17. The summed E-state index contributed by atoms with van der Waals surface area (Å²) in [6.45, 7) is 4.08. The Labute approximate surface area is 160 Å². The molecule has 1 aromatic carbocycles. The number of carbonyl (C=O) groups is 1. The zero-order valence-electron chi connectivity index (χ0n) is 15.3. The van der Waals surface area contributed by atoms with Crippen LogP contribution in [0.1, 0.15) is 40.1 Å². The van der Waals surface area contributed by atoms with E-state index >= 15 is 0 Å². The first-order chi connectivity index (χ1) is 13.6. The molecule has 28 heavy (non-hydrogen) atoms. The summed E-state index contributed by atoms with van der Waals surface area (Å²) in [4.78, 5) is 21.4. The molecule has 8 nitrogen and oxygen atoms in total. The van der Waals surface area contributed by atoms with Crippen molar-refractivity contribution in [2.75, 3.05) is 11.9 Å². The largest absolute Gasteiger partial charge is 0.339 e. The number of imidazole rings is 1. The molecule has 1 fully saturated rings. The number of benzene rings is 1. The number of rotatable bonds is 4.